The Balaban J connectivity index is 1.00. The topological polar surface area (TPSA) is 44.7 Å². The maximum absolute atomic E-state index is 7.37. The molecule has 0 amide bonds. The van der Waals surface area contributed by atoms with Crippen molar-refractivity contribution in [2.24, 2.45) is 0 Å². The Kier molecular flexibility index (Phi) is 9.17. The van der Waals surface area contributed by atoms with E-state index >= 15 is 0 Å². The molecule has 8 aromatic carbocycles. The van der Waals surface area contributed by atoms with E-state index in [-0.39, 0.29) is 12.0 Å². The van der Waals surface area contributed by atoms with E-state index in [0.717, 1.165) is 79.4 Å². The maximum Gasteiger partial charge on any atom is 0.289 e. The first-order valence-corrected chi connectivity index (χ1v) is 24.6. The predicted octanol–water partition coefficient (Wildman–Crippen LogP) is 13.1. The molecule has 0 fully saturated rings. The third-order valence-electron chi connectivity index (χ3n) is 13.4. The van der Waals surface area contributed by atoms with Crippen LogP contribution < -0.4 is 41.3 Å². The number of anilines is 9. The molecule has 0 aliphatic carbocycles. The van der Waals surface area contributed by atoms with Crippen LogP contribution >= 0.6 is 23.2 Å². The van der Waals surface area contributed by atoms with Gasteiger partial charge in [-0.1, -0.05) is 97.1 Å². The van der Waals surface area contributed by atoms with Crippen molar-refractivity contribution in [3.8, 4) is 33.8 Å². The van der Waals surface area contributed by atoms with E-state index in [4.69, 9.17) is 9.72 Å². The van der Waals surface area contributed by atoms with Gasteiger partial charge in [0.15, 0.2) is 0 Å². The second-order valence-corrected chi connectivity index (χ2v) is 19.6. The quantitative estimate of drug-likeness (QED) is 0.147. The van der Waals surface area contributed by atoms with Crippen LogP contribution in [-0.4, -0.2) is 22.0 Å². The van der Waals surface area contributed by atoms with Crippen molar-refractivity contribution in [2.75, 3.05) is 14.7 Å². The molecule has 0 saturated carbocycles. The van der Waals surface area contributed by atoms with E-state index in [1.165, 1.54) is 37.2 Å². The lowest BCUT2D eigenvalue weighted by Gasteiger charge is -2.42. The number of aromatic nitrogens is 2. The lowest BCUT2D eigenvalue weighted by Crippen LogP contribution is -2.54. The van der Waals surface area contributed by atoms with Crippen molar-refractivity contribution in [3.63, 3.8) is 0 Å². The average molecular weight is 906 g/mol. The van der Waals surface area contributed by atoms with Crippen molar-refractivity contribution in [1.82, 2.24) is 9.97 Å². The molecule has 0 N–H and O–H groups in total. The van der Waals surface area contributed by atoms with Gasteiger partial charge in [0, 0.05) is 103 Å². The molecule has 4 aliphatic rings. The molecule has 0 spiro atoms. The monoisotopic (exact) mass is 905 g/mol. The molecular formula is C58H37B2N5OS2. The summed E-state index contributed by atoms with van der Waals surface area (Å²) in [5.41, 5.74) is 19.2. The fourth-order valence-corrected chi connectivity index (χ4v) is 13.3. The highest BCUT2D eigenvalue weighted by atomic mass is 32.2. The zero-order valence-electron chi connectivity index (χ0n) is 36.5. The summed E-state index contributed by atoms with van der Waals surface area (Å²) in [4.78, 5) is 19.0. The van der Waals surface area contributed by atoms with Gasteiger partial charge in [-0.2, -0.15) is 23.2 Å². The van der Waals surface area contributed by atoms with Crippen LogP contribution in [-0.2, 0) is 0 Å². The van der Waals surface area contributed by atoms with Gasteiger partial charge in [-0.3, -0.25) is 9.97 Å². The number of para-hydroxylation sites is 5. The van der Waals surface area contributed by atoms with E-state index in [0.29, 0.717) is 0 Å². The Morgan fingerprint density at radius 2 is 0.868 bits per heavy atom. The van der Waals surface area contributed by atoms with Crippen LogP contribution in [0.25, 0.3) is 22.3 Å². The molecule has 0 saturated heterocycles. The van der Waals surface area contributed by atoms with E-state index in [1.807, 2.05) is 48.0 Å². The minimum Gasteiger partial charge on any atom is -0.458 e. The van der Waals surface area contributed by atoms with Gasteiger partial charge in [0.2, 0.25) is 0 Å². The third-order valence-corrected chi connectivity index (χ3v) is 16.1. The summed E-state index contributed by atoms with van der Waals surface area (Å²) in [6, 6.07) is 71.8. The normalized spacial score (nSPS) is 13.2. The van der Waals surface area contributed by atoms with Crippen molar-refractivity contribution in [3.05, 3.63) is 225 Å². The first-order chi connectivity index (χ1) is 33.7. The van der Waals surface area contributed by atoms with Gasteiger partial charge in [-0.25, -0.2) is 0 Å². The van der Waals surface area contributed by atoms with Gasteiger partial charge in [0.1, 0.15) is 11.5 Å². The summed E-state index contributed by atoms with van der Waals surface area (Å²) in [5, 5.41) is 0. The molecule has 10 aromatic rings. The van der Waals surface area contributed by atoms with Crippen LogP contribution in [0.1, 0.15) is 0 Å². The first-order valence-electron chi connectivity index (χ1n) is 22.8. The minimum atomic E-state index is -0.0105. The second kappa shape index (κ2) is 15.9. The van der Waals surface area contributed by atoms with Gasteiger partial charge in [0.25, 0.3) is 12.0 Å². The summed E-state index contributed by atoms with van der Waals surface area (Å²) in [6.07, 6.45) is 7.91. The summed E-state index contributed by atoms with van der Waals surface area (Å²) in [7, 11) is 0. The predicted molar refractivity (Wildman–Crippen MR) is 285 cm³/mol. The number of hydrogen-bond donors (Lipinski definition) is 0. The Labute approximate surface area is 403 Å². The Morgan fingerprint density at radius 1 is 0.397 bits per heavy atom. The Bertz CT molecular complexity index is 3510. The van der Waals surface area contributed by atoms with Crippen molar-refractivity contribution in [2.45, 2.75) is 9.79 Å². The molecular weight excluding hydrogens is 868 g/mol. The molecule has 68 heavy (non-hydrogen) atoms. The largest absolute Gasteiger partial charge is 0.458 e. The molecule has 0 unspecified atom stereocenters. The van der Waals surface area contributed by atoms with Crippen LogP contribution in [0.3, 0.4) is 0 Å². The molecule has 10 heteroatoms. The average Bonchev–Trinajstić information content (AvgIpc) is 3.40. The summed E-state index contributed by atoms with van der Waals surface area (Å²) in [5.74, 6) is 1.71. The Morgan fingerprint density at radius 3 is 1.40 bits per heavy atom. The summed E-state index contributed by atoms with van der Waals surface area (Å²) in [6.45, 7) is 0. The fraction of sp³-hybridized carbons (Fsp3) is 0. The number of nitrogens with zero attached hydrogens (tertiary/aromatic N) is 5. The maximum atomic E-state index is 7.37. The summed E-state index contributed by atoms with van der Waals surface area (Å²) < 4.78 is 7.37. The molecule has 0 bridgehead atoms. The van der Waals surface area contributed by atoms with Gasteiger partial charge in [0.05, 0.1) is 5.69 Å². The van der Waals surface area contributed by atoms with Crippen molar-refractivity contribution < 1.29 is 4.74 Å². The van der Waals surface area contributed by atoms with Gasteiger partial charge in [-0.05, 0) is 124 Å². The molecule has 0 atom stereocenters. The number of pyridine rings is 2. The number of rotatable bonds is 7. The standard InChI is InChI=1S/C58H37B2N5OS2/c1-6-16-38(17-7-1)63(39-18-8-2-9-19-39)43-30-45-47-36-61-28-26-55(47)67-59-49-34-50-53(35-51(49)65(52(32-43)57(45)59)42-24-14-5-15-25-42)66-54-33-44(31-46-48-37-62-29-27-56(48)68-60(50)58(46)54)64(40-20-10-3-11-21-40)41-22-12-4-13-23-41/h1-37H. The number of ether oxygens (including phenoxy) is 1. The first kappa shape index (κ1) is 39.3. The van der Waals surface area contributed by atoms with Crippen LogP contribution in [0.4, 0.5) is 51.2 Å². The molecule has 6 nitrogen and oxygen atoms in total. The molecule has 6 heterocycles. The molecule has 4 aliphatic heterocycles. The molecule has 0 radical (unpaired) electrons. The van der Waals surface area contributed by atoms with Gasteiger partial charge < -0.3 is 19.4 Å². The van der Waals surface area contributed by atoms with E-state index in [9.17, 15) is 0 Å². The molecule has 14 rings (SSSR count). The van der Waals surface area contributed by atoms with E-state index in [2.05, 4.69) is 220 Å². The smallest absolute Gasteiger partial charge is 0.289 e. The highest BCUT2D eigenvalue weighted by molar-refractivity contribution is 8.29. The van der Waals surface area contributed by atoms with Gasteiger partial charge >= 0.3 is 0 Å². The van der Waals surface area contributed by atoms with Crippen LogP contribution in [0.2, 0.25) is 0 Å². The molecule has 318 valence electrons. The van der Waals surface area contributed by atoms with Crippen LogP contribution in [0.15, 0.2) is 235 Å². The fourth-order valence-electron chi connectivity index (χ4n) is 10.5. The Hall–Kier alpha value is -7.91. The number of fused-ring (bicyclic) bond motifs is 8. The zero-order valence-corrected chi connectivity index (χ0v) is 38.1. The van der Waals surface area contributed by atoms with Crippen LogP contribution in [0, 0.1) is 0 Å². The van der Waals surface area contributed by atoms with Crippen molar-refractivity contribution >= 4 is 108 Å². The number of hydrogen-bond acceptors (Lipinski definition) is 8. The summed E-state index contributed by atoms with van der Waals surface area (Å²) >= 11 is 3.82. The van der Waals surface area contributed by atoms with E-state index < -0.39 is 0 Å². The lowest BCUT2D eigenvalue weighted by molar-refractivity contribution is 0.488. The highest BCUT2D eigenvalue weighted by Gasteiger charge is 2.45. The minimum absolute atomic E-state index is 0.00439. The highest BCUT2D eigenvalue weighted by Crippen LogP contribution is 2.51. The lowest BCUT2D eigenvalue weighted by atomic mass is 9.52. The number of benzene rings is 8. The SMILES string of the molecule is c1ccc(N(c2ccccc2)c2cc3c4c(c2)-c2cnccc2SB4c2cc4c(cc2O3)N(c2ccccc2)c2cc(N(c3ccccc3)c3ccccc3)cc3c2B4Sc2ccncc2-3)cc1. The van der Waals surface area contributed by atoms with E-state index in [1.54, 1.807) is 0 Å². The molecule has 2 aromatic heterocycles. The van der Waals surface area contributed by atoms with Crippen LogP contribution in [0.5, 0.6) is 11.5 Å². The second-order valence-electron chi connectivity index (χ2n) is 17.3. The van der Waals surface area contributed by atoms with Crippen molar-refractivity contribution in [1.29, 1.82) is 0 Å². The van der Waals surface area contributed by atoms with Gasteiger partial charge in [-0.15, -0.1) is 0 Å². The third kappa shape index (κ3) is 6.25. The zero-order chi connectivity index (χ0) is 44.7.